The van der Waals surface area contributed by atoms with Crippen molar-refractivity contribution >= 4 is 44.8 Å². The molecule has 1 aliphatic heterocycles. The number of likely N-dealkylation sites (tertiary alicyclic amines) is 1. The number of rotatable bonds is 4. The number of aromatic nitrogens is 1. The summed E-state index contributed by atoms with van der Waals surface area (Å²) in [5.41, 5.74) is 0.855. The molecule has 27 heavy (non-hydrogen) atoms. The van der Waals surface area contributed by atoms with Crippen molar-refractivity contribution in [1.82, 2.24) is 9.88 Å². The molecule has 0 saturated carbocycles. The molecule has 140 valence electrons. The Morgan fingerprint density at radius 1 is 1.22 bits per heavy atom. The molecule has 3 heterocycles. The molecule has 0 radical (unpaired) electrons. The van der Waals surface area contributed by atoms with Crippen LogP contribution in [0.15, 0.2) is 36.4 Å². The lowest BCUT2D eigenvalue weighted by molar-refractivity contribution is 0.0490. The summed E-state index contributed by atoms with van der Waals surface area (Å²) in [6.07, 6.45) is 0.722. The Labute approximate surface area is 164 Å². The molecule has 8 heteroatoms. The van der Waals surface area contributed by atoms with Gasteiger partial charge in [0.05, 0.1) is 28.2 Å². The zero-order valence-electron chi connectivity index (χ0n) is 14.6. The molecule has 1 aliphatic rings. The van der Waals surface area contributed by atoms with Gasteiger partial charge in [0.2, 0.25) is 0 Å². The van der Waals surface area contributed by atoms with Gasteiger partial charge in [0.1, 0.15) is 16.0 Å². The van der Waals surface area contributed by atoms with Crippen molar-refractivity contribution in [1.29, 1.82) is 0 Å². The molecule has 1 aromatic carbocycles. The van der Waals surface area contributed by atoms with Crippen molar-refractivity contribution in [3.8, 4) is 0 Å². The molecule has 0 aliphatic carbocycles. The first-order chi connectivity index (χ1) is 13.1. The van der Waals surface area contributed by atoms with E-state index in [0.29, 0.717) is 21.3 Å². The molecule has 2 atom stereocenters. The minimum Gasteiger partial charge on any atom is -0.465 e. The SMILES string of the molecule is COC(=O)c1ccc(C(=O)N2CCC[C@H]2[C@H](O)c2nc3ccccc3s2)s1. The maximum atomic E-state index is 12.9. The Balaban J connectivity index is 1.56. The molecule has 0 unspecified atom stereocenters. The number of thiophene rings is 1. The second-order valence-electron chi connectivity index (χ2n) is 6.33. The number of para-hydroxylation sites is 1. The summed E-state index contributed by atoms with van der Waals surface area (Å²) < 4.78 is 5.72. The van der Waals surface area contributed by atoms with E-state index in [1.807, 2.05) is 24.3 Å². The van der Waals surface area contributed by atoms with Gasteiger partial charge in [-0.25, -0.2) is 9.78 Å². The molecule has 1 saturated heterocycles. The highest BCUT2D eigenvalue weighted by Gasteiger charge is 2.37. The van der Waals surface area contributed by atoms with Crippen molar-refractivity contribution < 1.29 is 19.4 Å². The van der Waals surface area contributed by atoms with Crippen molar-refractivity contribution in [2.45, 2.75) is 25.0 Å². The van der Waals surface area contributed by atoms with E-state index in [4.69, 9.17) is 4.74 Å². The smallest absolute Gasteiger partial charge is 0.348 e. The maximum absolute atomic E-state index is 12.9. The van der Waals surface area contributed by atoms with Crippen LogP contribution in [0.2, 0.25) is 0 Å². The number of thiazole rings is 1. The number of aliphatic hydroxyl groups excluding tert-OH is 1. The van der Waals surface area contributed by atoms with Gasteiger partial charge in [-0.1, -0.05) is 12.1 Å². The lowest BCUT2D eigenvalue weighted by Gasteiger charge is -2.27. The summed E-state index contributed by atoms with van der Waals surface area (Å²) in [4.78, 5) is 31.7. The monoisotopic (exact) mass is 402 g/mol. The van der Waals surface area contributed by atoms with Crippen LogP contribution >= 0.6 is 22.7 Å². The van der Waals surface area contributed by atoms with Crippen LogP contribution in [0.1, 0.15) is 43.3 Å². The highest BCUT2D eigenvalue weighted by Crippen LogP contribution is 2.35. The van der Waals surface area contributed by atoms with Gasteiger partial charge in [-0.3, -0.25) is 4.79 Å². The van der Waals surface area contributed by atoms with E-state index in [9.17, 15) is 14.7 Å². The van der Waals surface area contributed by atoms with E-state index in [2.05, 4.69) is 4.98 Å². The zero-order chi connectivity index (χ0) is 19.0. The summed E-state index contributed by atoms with van der Waals surface area (Å²) in [5, 5.41) is 11.5. The molecule has 2 aromatic heterocycles. The molecule has 4 rings (SSSR count). The third-order valence-electron chi connectivity index (χ3n) is 4.69. The van der Waals surface area contributed by atoms with Gasteiger partial charge < -0.3 is 14.7 Å². The summed E-state index contributed by atoms with van der Waals surface area (Å²) >= 11 is 2.57. The van der Waals surface area contributed by atoms with E-state index in [-0.39, 0.29) is 11.9 Å². The van der Waals surface area contributed by atoms with Crippen LogP contribution in [0.4, 0.5) is 0 Å². The van der Waals surface area contributed by atoms with Crippen LogP contribution in [0, 0.1) is 0 Å². The Hall–Kier alpha value is -2.29. The van der Waals surface area contributed by atoms with Gasteiger partial charge in [0.25, 0.3) is 5.91 Å². The normalized spacial score (nSPS) is 18.0. The molecule has 0 spiro atoms. The lowest BCUT2D eigenvalue weighted by atomic mass is 10.1. The van der Waals surface area contributed by atoms with Gasteiger partial charge in [-0.15, -0.1) is 22.7 Å². The predicted octanol–water partition coefficient (Wildman–Crippen LogP) is 3.48. The van der Waals surface area contributed by atoms with Crippen molar-refractivity contribution in [3.05, 3.63) is 51.2 Å². The van der Waals surface area contributed by atoms with Gasteiger partial charge in [-0.05, 0) is 37.1 Å². The van der Waals surface area contributed by atoms with Gasteiger partial charge in [0.15, 0.2) is 0 Å². The summed E-state index contributed by atoms with van der Waals surface area (Å²) in [6.45, 7) is 0.580. The van der Waals surface area contributed by atoms with Crippen LogP contribution in [0.5, 0.6) is 0 Å². The predicted molar refractivity (Wildman–Crippen MR) is 104 cm³/mol. The lowest BCUT2D eigenvalue weighted by Crippen LogP contribution is -2.38. The van der Waals surface area contributed by atoms with E-state index >= 15 is 0 Å². The quantitative estimate of drug-likeness (QED) is 0.676. The second kappa shape index (κ2) is 7.38. The van der Waals surface area contributed by atoms with E-state index < -0.39 is 12.1 Å². The average molecular weight is 402 g/mol. The topological polar surface area (TPSA) is 79.7 Å². The van der Waals surface area contributed by atoms with E-state index in [1.165, 1.54) is 18.4 Å². The highest BCUT2D eigenvalue weighted by molar-refractivity contribution is 7.18. The molecule has 1 amide bonds. The van der Waals surface area contributed by atoms with Crippen molar-refractivity contribution in [3.63, 3.8) is 0 Å². The fraction of sp³-hybridized carbons (Fsp3) is 0.316. The highest BCUT2D eigenvalue weighted by atomic mass is 32.1. The Morgan fingerprint density at radius 3 is 2.78 bits per heavy atom. The fourth-order valence-corrected chi connectivity index (χ4v) is 5.25. The number of nitrogens with zero attached hydrogens (tertiary/aromatic N) is 2. The van der Waals surface area contributed by atoms with Crippen LogP contribution in [-0.2, 0) is 4.74 Å². The second-order valence-corrected chi connectivity index (χ2v) is 8.47. The van der Waals surface area contributed by atoms with Crippen LogP contribution < -0.4 is 0 Å². The fourth-order valence-electron chi connectivity index (χ4n) is 3.36. The zero-order valence-corrected chi connectivity index (χ0v) is 16.3. The number of methoxy groups -OCH3 is 1. The first-order valence-electron chi connectivity index (χ1n) is 8.61. The standard InChI is InChI=1S/C19H18N2O4S2/c1-25-19(24)15-9-8-14(26-15)18(23)21-10-4-6-12(21)16(22)17-20-11-5-2-3-7-13(11)27-17/h2-3,5,7-9,12,16,22H,4,6,10H2,1H3/t12-,16-/m0/s1. The van der Waals surface area contributed by atoms with Gasteiger partial charge >= 0.3 is 5.97 Å². The van der Waals surface area contributed by atoms with E-state index in [0.717, 1.165) is 34.4 Å². The van der Waals surface area contributed by atoms with Crippen LogP contribution in [0.3, 0.4) is 0 Å². The van der Waals surface area contributed by atoms with Gasteiger partial charge in [-0.2, -0.15) is 0 Å². The number of ether oxygens (including phenoxy) is 1. The number of hydrogen-bond acceptors (Lipinski definition) is 7. The Morgan fingerprint density at radius 2 is 2.00 bits per heavy atom. The number of esters is 1. The van der Waals surface area contributed by atoms with E-state index in [1.54, 1.807) is 17.0 Å². The first-order valence-corrected chi connectivity index (χ1v) is 10.2. The number of carbonyl (C=O) groups excluding carboxylic acids is 2. The molecule has 3 aromatic rings. The summed E-state index contributed by atoms with van der Waals surface area (Å²) in [7, 11) is 1.31. The molecule has 1 fully saturated rings. The number of carbonyl (C=O) groups is 2. The van der Waals surface area contributed by atoms with Crippen molar-refractivity contribution in [2.75, 3.05) is 13.7 Å². The molecular formula is C19H18N2O4S2. The molecular weight excluding hydrogens is 384 g/mol. The van der Waals surface area contributed by atoms with Crippen LogP contribution in [0.25, 0.3) is 10.2 Å². The summed E-state index contributed by atoms with van der Waals surface area (Å²) in [5.74, 6) is -0.621. The number of fused-ring (bicyclic) bond motifs is 1. The third kappa shape index (κ3) is 3.36. The average Bonchev–Trinajstić information content (AvgIpc) is 3.44. The number of aliphatic hydroxyl groups is 1. The third-order valence-corrected chi connectivity index (χ3v) is 6.85. The number of hydrogen-bond donors (Lipinski definition) is 1. The first kappa shape index (κ1) is 18.1. The Kier molecular flexibility index (Phi) is 4.94. The van der Waals surface area contributed by atoms with Crippen molar-refractivity contribution in [2.24, 2.45) is 0 Å². The van der Waals surface area contributed by atoms with Crippen LogP contribution in [-0.4, -0.2) is 46.6 Å². The Bertz CT molecular complexity index is 963. The van der Waals surface area contributed by atoms with Gasteiger partial charge in [0, 0.05) is 6.54 Å². The number of amides is 1. The summed E-state index contributed by atoms with van der Waals surface area (Å²) in [6, 6.07) is 10.7. The minimum atomic E-state index is -0.825. The molecule has 0 bridgehead atoms. The minimum absolute atomic E-state index is 0.169. The largest absolute Gasteiger partial charge is 0.465 e. The maximum Gasteiger partial charge on any atom is 0.348 e. The molecule has 6 nitrogen and oxygen atoms in total. The molecule has 1 N–H and O–H groups in total. The number of benzene rings is 1.